The molecule has 0 aliphatic carbocycles. The number of carbonyl (C=O) groups is 1. The zero-order chi connectivity index (χ0) is 31.2. The van der Waals surface area contributed by atoms with Gasteiger partial charge in [-0.3, -0.25) is 9.48 Å². The summed E-state index contributed by atoms with van der Waals surface area (Å²) >= 11 is 0. The van der Waals surface area contributed by atoms with Crippen molar-refractivity contribution >= 4 is 21.8 Å². The van der Waals surface area contributed by atoms with E-state index >= 15 is 4.39 Å². The molecule has 1 atom stereocenters. The molecule has 2 fully saturated rings. The maximum atomic E-state index is 15.0. The lowest BCUT2D eigenvalue weighted by Gasteiger charge is -2.32. The average molecular weight is 631 g/mol. The summed E-state index contributed by atoms with van der Waals surface area (Å²) in [7, 11) is 0.950. The molecule has 0 saturated carbocycles. The van der Waals surface area contributed by atoms with Crippen LogP contribution in [-0.4, -0.2) is 101 Å². The summed E-state index contributed by atoms with van der Waals surface area (Å²) < 4.78 is 72.2. The van der Waals surface area contributed by atoms with E-state index in [0.717, 1.165) is 6.07 Å². The van der Waals surface area contributed by atoms with Crippen LogP contribution in [0, 0.1) is 11.6 Å². The largest absolute Gasteiger partial charge is 0.470 e. The number of nitrogens with zero attached hydrogens (tertiary/aromatic N) is 7. The predicted octanol–water partition coefficient (Wildman–Crippen LogP) is 2.51. The summed E-state index contributed by atoms with van der Waals surface area (Å²) in [6, 6.07) is 3.81. The van der Waals surface area contributed by atoms with Crippen LogP contribution in [-0.2, 0) is 14.9 Å². The van der Waals surface area contributed by atoms with Crippen LogP contribution in [0.1, 0.15) is 35.7 Å². The molecule has 16 heteroatoms. The van der Waals surface area contributed by atoms with Gasteiger partial charge in [-0.1, -0.05) is 0 Å². The van der Waals surface area contributed by atoms with Crippen molar-refractivity contribution in [2.45, 2.75) is 31.4 Å². The van der Waals surface area contributed by atoms with Crippen LogP contribution in [0.3, 0.4) is 0 Å². The van der Waals surface area contributed by atoms with E-state index in [9.17, 15) is 17.6 Å². The molecule has 6 rings (SSSR count). The monoisotopic (exact) mass is 630 g/mol. The lowest BCUT2D eigenvalue weighted by Crippen LogP contribution is -2.44. The van der Waals surface area contributed by atoms with Gasteiger partial charge in [0.15, 0.2) is 17.3 Å². The first-order valence-corrected chi connectivity index (χ1v) is 15.5. The first-order valence-electron chi connectivity index (χ1n) is 14.1. The number of amides is 1. The highest BCUT2D eigenvalue weighted by Gasteiger charge is 2.31. The van der Waals surface area contributed by atoms with Gasteiger partial charge in [0.05, 0.1) is 42.9 Å². The Morgan fingerprint density at radius 3 is 2.57 bits per heavy atom. The van der Waals surface area contributed by atoms with Gasteiger partial charge in [0, 0.05) is 63.5 Å². The number of ether oxygens (including phenoxy) is 2. The Labute approximate surface area is 252 Å². The molecule has 2 aliphatic rings. The van der Waals surface area contributed by atoms with Crippen molar-refractivity contribution in [1.29, 1.82) is 0 Å². The highest BCUT2D eigenvalue weighted by molar-refractivity contribution is 7.86. The van der Waals surface area contributed by atoms with Gasteiger partial charge < -0.3 is 14.8 Å². The van der Waals surface area contributed by atoms with E-state index in [1.54, 1.807) is 12.3 Å². The fourth-order valence-corrected chi connectivity index (χ4v) is 6.57. The van der Waals surface area contributed by atoms with Gasteiger partial charge in [-0.05, 0) is 31.0 Å². The molecule has 1 aromatic carbocycles. The normalized spacial score (nSPS) is 18.4. The molecule has 13 nitrogen and oxygen atoms in total. The third kappa shape index (κ3) is 5.53. The molecule has 1 N–H and O–H groups in total. The number of halogens is 2. The van der Waals surface area contributed by atoms with Crippen molar-refractivity contribution < 1.29 is 31.5 Å². The summed E-state index contributed by atoms with van der Waals surface area (Å²) in [4.78, 5) is 16.6. The number of fused-ring (bicyclic) bond motifs is 1. The summed E-state index contributed by atoms with van der Waals surface area (Å²) in [5.74, 6) is -2.66. The quantitative estimate of drug-likeness (QED) is 0.314. The number of hydrogen-bond acceptors (Lipinski definition) is 8. The minimum atomic E-state index is -3.48. The Hall–Kier alpha value is -3.99. The molecule has 3 aromatic heterocycles. The number of hydrogen-bond donors (Lipinski definition) is 1. The Bertz CT molecular complexity index is 1810. The Morgan fingerprint density at radius 1 is 1.11 bits per heavy atom. The lowest BCUT2D eigenvalue weighted by atomic mass is 10.1. The van der Waals surface area contributed by atoms with Gasteiger partial charge >= 0.3 is 0 Å². The molecule has 1 unspecified atom stereocenters. The minimum Gasteiger partial charge on any atom is -0.470 e. The minimum absolute atomic E-state index is 0.00912. The zero-order valence-electron chi connectivity index (χ0n) is 24.4. The van der Waals surface area contributed by atoms with Gasteiger partial charge in [0.1, 0.15) is 6.10 Å². The van der Waals surface area contributed by atoms with Crippen LogP contribution < -0.4 is 10.1 Å². The maximum absolute atomic E-state index is 15.0. The smallest absolute Gasteiger partial charge is 0.281 e. The number of imidazole rings is 1. The van der Waals surface area contributed by atoms with Crippen LogP contribution in [0.4, 0.5) is 8.78 Å². The number of carbonyl (C=O) groups excluding carboxylic acids is 1. The van der Waals surface area contributed by atoms with Crippen molar-refractivity contribution in [2.24, 2.45) is 0 Å². The van der Waals surface area contributed by atoms with Crippen molar-refractivity contribution in [2.75, 3.05) is 47.4 Å². The highest BCUT2D eigenvalue weighted by Crippen LogP contribution is 2.35. The van der Waals surface area contributed by atoms with Gasteiger partial charge in [0.2, 0.25) is 5.88 Å². The third-order valence-corrected chi connectivity index (χ3v) is 9.86. The molecule has 0 spiro atoms. The standard InChI is InChI=1S/C28H32F2N8O5S/c1-31-27(39)17-10-22(26(30)23(29)11-17)24-14-32-25-12-21(28(34-38(24)25)43-20-6-9-42-16-20)18-13-33-37(15-18)19-4-7-36(8-5-19)44(40,41)35(2)3/h10-15,19-20H,4-9,16H2,1-3H3,(H,31,39). The molecule has 4 aromatic rings. The van der Waals surface area contributed by atoms with Crippen molar-refractivity contribution in [3.8, 4) is 28.3 Å². The molecule has 0 bridgehead atoms. The lowest BCUT2D eigenvalue weighted by molar-refractivity contribution is 0.0962. The molecule has 234 valence electrons. The number of rotatable bonds is 8. The first-order chi connectivity index (χ1) is 21.1. The SMILES string of the molecule is CNC(=O)c1cc(F)c(F)c(-c2cnc3cc(-c4cnn(C5CCN(S(=O)(=O)N(C)C)CC5)c4)c(OC4CCOC4)nn23)c1. The molecular weight excluding hydrogens is 598 g/mol. The molecule has 0 radical (unpaired) electrons. The Kier molecular flexibility index (Phi) is 8.08. The predicted molar refractivity (Wildman–Crippen MR) is 155 cm³/mol. The number of benzene rings is 1. The summed E-state index contributed by atoms with van der Waals surface area (Å²) in [5.41, 5.74) is 1.53. The molecule has 2 saturated heterocycles. The first kappa shape index (κ1) is 30.1. The van der Waals surface area contributed by atoms with E-state index < -0.39 is 27.8 Å². The fraction of sp³-hybridized carbons (Fsp3) is 0.429. The number of aromatic nitrogens is 5. The summed E-state index contributed by atoms with van der Waals surface area (Å²) in [6.45, 7) is 1.66. The van der Waals surface area contributed by atoms with Crippen LogP contribution >= 0.6 is 0 Å². The average Bonchev–Trinajstić information content (AvgIpc) is 3.79. The maximum Gasteiger partial charge on any atom is 0.281 e. The van der Waals surface area contributed by atoms with Crippen molar-refractivity contribution in [1.82, 2.24) is 38.3 Å². The summed E-state index contributed by atoms with van der Waals surface area (Å²) in [6.07, 6.45) is 6.47. The zero-order valence-corrected chi connectivity index (χ0v) is 25.2. The van der Waals surface area contributed by atoms with E-state index in [4.69, 9.17) is 9.47 Å². The Morgan fingerprint density at radius 2 is 1.89 bits per heavy atom. The van der Waals surface area contributed by atoms with E-state index in [2.05, 4.69) is 20.5 Å². The fourth-order valence-electron chi connectivity index (χ4n) is 5.44. The van der Waals surface area contributed by atoms with Gasteiger partial charge in [-0.15, -0.1) is 5.10 Å². The highest BCUT2D eigenvalue weighted by atomic mass is 32.2. The van der Waals surface area contributed by atoms with Gasteiger partial charge in [0.25, 0.3) is 16.1 Å². The van der Waals surface area contributed by atoms with Gasteiger partial charge in [-0.25, -0.2) is 18.3 Å². The second-order valence-electron chi connectivity index (χ2n) is 10.9. The summed E-state index contributed by atoms with van der Waals surface area (Å²) in [5, 5.41) is 11.7. The van der Waals surface area contributed by atoms with Crippen LogP contribution in [0.5, 0.6) is 5.88 Å². The van der Waals surface area contributed by atoms with E-state index in [1.165, 1.54) is 46.5 Å². The third-order valence-electron chi connectivity index (χ3n) is 7.92. The van der Waals surface area contributed by atoms with Crippen LogP contribution in [0.25, 0.3) is 28.0 Å². The molecule has 2 aliphatic heterocycles. The Balaban J connectivity index is 1.36. The van der Waals surface area contributed by atoms with Crippen molar-refractivity contribution in [3.05, 3.63) is 54.0 Å². The van der Waals surface area contributed by atoms with Crippen LogP contribution in [0.15, 0.2) is 36.8 Å². The second kappa shape index (κ2) is 11.8. The molecule has 1 amide bonds. The van der Waals surface area contributed by atoms with Crippen molar-refractivity contribution in [3.63, 3.8) is 0 Å². The number of piperidine rings is 1. The van der Waals surface area contributed by atoms with Crippen LogP contribution in [0.2, 0.25) is 0 Å². The van der Waals surface area contributed by atoms with E-state index in [-0.39, 0.29) is 34.8 Å². The van der Waals surface area contributed by atoms with E-state index in [0.29, 0.717) is 62.3 Å². The second-order valence-corrected chi connectivity index (χ2v) is 13.1. The molecular formula is C28H32F2N8O5S. The van der Waals surface area contributed by atoms with Gasteiger partial charge in [-0.2, -0.15) is 22.1 Å². The van der Waals surface area contributed by atoms with E-state index in [1.807, 2.05) is 10.9 Å². The number of nitrogens with one attached hydrogen (secondary N) is 1. The topological polar surface area (TPSA) is 136 Å². The molecule has 5 heterocycles. The molecule has 44 heavy (non-hydrogen) atoms.